The molecule has 0 spiro atoms. The van der Waals surface area contributed by atoms with Gasteiger partial charge in [0.1, 0.15) is 6.04 Å². The lowest BCUT2D eigenvalue weighted by molar-refractivity contribution is -0.150. The number of likely N-dealkylation sites (tertiary alicyclic amines) is 1. The van der Waals surface area contributed by atoms with Crippen LogP contribution in [0.4, 0.5) is 0 Å². The van der Waals surface area contributed by atoms with E-state index in [0.29, 0.717) is 30.7 Å². The molecule has 5 fully saturated rings. The van der Waals surface area contributed by atoms with Crippen LogP contribution < -0.4 is 5.32 Å². The van der Waals surface area contributed by atoms with Gasteiger partial charge in [-0.1, -0.05) is 65.7 Å². The monoisotopic (exact) mass is 460 g/mol. The molecule has 0 aromatic carbocycles. The third kappa shape index (κ3) is 5.61. The maximum absolute atomic E-state index is 12.9. The van der Waals surface area contributed by atoms with Crippen LogP contribution in [0.3, 0.4) is 0 Å². The highest BCUT2D eigenvalue weighted by molar-refractivity contribution is 6.45. The number of rotatable bonds is 12. The molecule has 2 bridgehead atoms. The zero-order valence-corrected chi connectivity index (χ0v) is 21.2. The van der Waals surface area contributed by atoms with E-state index in [2.05, 4.69) is 26.1 Å². The molecule has 0 aromatic rings. The second-order valence-corrected chi connectivity index (χ2v) is 11.5. The Kier molecular flexibility index (Phi) is 8.43. The van der Waals surface area contributed by atoms with Crippen molar-refractivity contribution in [2.75, 3.05) is 13.0 Å². The van der Waals surface area contributed by atoms with E-state index in [9.17, 15) is 9.59 Å². The van der Waals surface area contributed by atoms with Gasteiger partial charge in [-0.25, -0.2) is 0 Å². The van der Waals surface area contributed by atoms with Crippen LogP contribution >= 0.6 is 0 Å². The summed E-state index contributed by atoms with van der Waals surface area (Å²) in [6, 6.07) is -0.332. The number of amides is 2. The number of nitrogens with one attached hydrogen (secondary N) is 1. The molecule has 4 unspecified atom stereocenters. The number of nitrogens with zero attached hydrogens (tertiary/aromatic N) is 1. The summed E-state index contributed by atoms with van der Waals surface area (Å²) in [4.78, 5) is 27.5. The smallest absolute Gasteiger partial charge is 0.405 e. The van der Waals surface area contributed by atoms with Crippen molar-refractivity contribution < 1.29 is 18.9 Å². The van der Waals surface area contributed by atoms with E-state index in [1.165, 1.54) is 44.9 Å². The van der Waals surface area contributed by atoms with E-state index in [-0.39, 0.29) is 37.2 Å². The number of hydrogen-bond acceptors (Lipinski definition) is 4. The third-order valence-corrected chi connectivity index (χ3v) is 9.02. The second kappa shape index (κ2) is 11.1. The Morgan fingerprint density at radius 1 is 1.03 bits per heavy atom. The maximum atomic E-state index is 12.9. The zero-order valence-electron chi connectivity index (χ0n) is 21.2. The molecule has 2 heterocycles. The van der Waals surface area contributed by atoms with Gasteiger partial charge in [-0.15, -0.1) is 0 Å². The van der Waals surface area contributed by atoms with Gasteiger partial charge >= 0.3 is 7.12 Å². The molecule has 5 aliphatic rings. The van der Waals surface area contributed by atoms with Crippen molar-refractivity contribution in [3.63, 3.8) is 0 Å². The molecule has 1 N–H and O–H groups in total. The van der Waals surface area contributed by atoms with Crippen LogP contribution in [0.2, 0.25) is 0 Å². The molecule has 5 atom stereocenters. The number of unbranched alkanes of at least 4 members (excludes halogenated alkanes) is 7. The average Bonchev–Trinajstić information content (AvgIpc) is 3.45. The molecular formula is C26H45BN2O4. The Morgan fingerprint density at radius 3 is 2.48 bits per heavy atom. The molecule has 0 radical (unpaired) electrons. The van der Waals surface area contributed by atoms with Crippen LogP contribution in [0, 0.1) is 17.3 Å². The molecule has 2 aliphatic heterocycles. The lowest BCUT2D eigenvalue weighted by Gasteiger charge is -2.60. The fourth-order valence-corrected chi connectivity index (χ4v) is 6.69. The van der Waals surface area contributed by atoms with Gasteiger partial charge in [0.05, 0.1) is 18.7 Å². The minimum atomic E-state index is -0.359. The van der Waals surface area contributed by atoms with E-state index in [1.807, 2.05) is 4.90 Å². The van der Waals surface area contributed by atoms with Crippen molar-refractivity contribution in [1.29, 1.82) is 0 Å². The minimum absolute atomic E-state index is 0.0523. The van der Waals surface area contributed by atoms with Gasteiger partial charge in [-0.3, -0.25) is 9.59 Å². The van der Waals surface area contributed by atoms with E-state index in [4.69, 9.17) is 9.31 Å². The van der Waals surface area contributed by atoms with Gasteiger partial charge in [0.15, 0.2) is 0 Å². The molecule has 6 nitrogen and oxygen atoms in total. The Hall–Kier alpha value is -1.08. The van der Waals surface area contributed by atoms with Gasteiger partial charge in [-0.05, 0) is 49.4 Å². The van der Waals surface area contributed by atoms with Crippen LogP contribution in [0.15, 0.2) is 0 Å². The molecule has 3 saturated carbocycles. The van der Waals surface area contributed by atoms with E-state index < -0.39 is 0 Å². The second-order valence-electron chi connectivity index (χ2n) is 11.5. The zero-order chi connectivity index (χ0) is 23.4. The van der Waals surface area contributed by atoms with Crippen LogP contribution in [0.5, 0.6) is 0 Å². The van der Waals surface area contributed by atoms with Crippen LogP contribution in [-0.2, 0) is 18.9 Å². The summed E-state index contributed by atoms with van der Waals surface area (Å²) >= 11 is 0. The Labute approximate surface area is 201 Å². The minimum Gasteiger partial charge on any atom is -0.405 e. The Balaban J connectivity index is 1.14. The van der Waals surface area contributed by atoms with Crippen molar-refractivity contribution in [2.24, 2.45) is 17.3 Å². The Bertz CT molecular complexity index is 687. The van der Waals surface area contributed by atoms with E-state index in [1.54, 1.807) is 0 Å². The molecule has 5 rings (SSSR count). The third-order valence-electron chi connectivity index (χ3n) is 9.02. The highest BCUT2D eigenvalue weighted by Crippen LogP contribution is 2.61. The van der Waals surface area contributed by atoms with Gasteiger partial charge in [-0.2, -0.15) is 0 Å². The molecule has 186 valence electrons. The first-order valence-electron chi connectivity index (χ1n) is 13.8. The summed E-state index contributed by atoms with van der Waals surface area (Å²) in [6.07, 6.45) is 15.0. The fraction of sp³-hybridized carbons (Fsp3) is 0.923. The molecule has 33 heavy (non-hydrogen) atoms. The van der Waals surface area contributed by atoms with Gasteiger partial charge in [0.2, 0.25) is 11.8 Å². The highest BCUT2D eigenvalue weighted by Gasteiger charge is 2.61. The quantitative estimate of drug-likeness (QED) is 0.344. The first kappa shape index (κ1) is 25.0. The fourth-order valence-electron chi connectivity index (χ4n) is 6.69. The molecule has 7 heteroatoms. The van der Waals surface area contributed by atoms with E-state index >= 15 is 0 Å². The summed E-state index contributed by atoms with van der Waals surface area (Å²) in [7, 11) is -0.359. The molecular weight excluding hydrogens is 415 g/mol. The summed E-state index contributed by atoms with van der Waals surface area (Å²) in [6.45, 7) is 7.63. The van der Waals surface area contributed by atoms with Crippen molar-refractivity contribution >= 4 is 18.9 Å². The van der Waals surface area contributed by atoms with Crippen molar-refractivity contribution in [3.8, 4) is 0 Å². The van der Waals surface area contributed by atoms with Crippen molar-refractivity contribution in [2.45, 2.75) is 122 Å². The molecule has 2 amide bonds. The van der Waals surface area contributed by atoms with Crippen LogP contribution in [0.25, 0.3) is 0 Å². The standard InChI is InChI=1S/C26H45BN2O4/c1-4-5-6-7-8-9-10-11-14-23(30)29-15-12-13-21(29)25(31)28-18-27-32-22-17-19-16-20(24(22)33-27)26(19,2)3/h19-22,24H,4-18H2,1-3H3,(H,28,31)/t19?,20?,21-,22?,24?/m0/s1. The molecule has 2 saturated heterocycles. The number of hydrogen-bond donors (Lipinski definition) is 1. The predicted octanol–water partition coefficient (Wildman–Crippen LogP) is 4.50. The van der Waals surface area contributed by atoms with Gasteiger partial charge in [0.25, 0.3) is 0 Å². The summed E-state index contributed by atoms with van der Waals surface area (Å²) in [5.41, 5.74) is 0.350. The topological polar surface area (TPSA) is 67.9 Å². The largest absolute Gasteiger partial charge is 0.478 e. The average molecular weight is 460 g/mol. The summed E-state index contributed by atoms with van der Waals surface area (Å²) in [5.74, 6) is 1.39. The number of carbonyl (C=O) groups excluding carboxylic acids is 2. The summed E-state index contributed by atoms with van der Waals surface area (Å²) < 4.78 is 12.4. The SMILES string of the molecule is CCCCCCCCCCC(=O)N1CCC[C@H]1C(=O)NCB1OC2CC3CC(C2O1)C3(C)C. The lowest BCUT2D eigenvalue weighted by Crippen LogP contribution is -2.59. The lowest BCUT2D eigenvalue weighted by atomic mass is 9.47. The Morgan fingerprint density at radius 2 is 1.76 bits per heavy atom. The van der Waals surface area contributed by atoms with Crippen LogP contribution in [0.1, 0.15) is 104 Å². The first-order chi connectivity index (χ1) is 15.9. The molecule has 3 aliphatic carbocycles. The van der Waals surface area contributed by atoms with E-state index in [0.717, 1.165) is 38.0 Å². The van der Waals surface area contributed by atoms with Crippen molar-refractivity contribution in [1.82, 2.24) is 10.2 Å². The van der Waals surface area contributed by atoms with Gasteiger partial charge in [0, 0.05) is 13.0 Å². The normalized spacial score (nSPS) is 31.9. The molecule has 0 aromatic heterocycles. The van der Waals surface area contributed by atoms with Crippen molar-refractivity contribution in [3.05, 3.63) is 0 Å². The number of carbonyl (C=O) groups is 2. The van der Waals surface area contributed by atoms with Crippen LogP contribution in [-0.4, -0.2) is 55.1 Å². The maximum Gasteiger partial charge on any atom is 0.478 e. The first-order valence-corrected chi connectivity index (χ1v) is 13.8. The summed E-state index contributed by atoms with van der Waals surface area (Å²) in [5, 5.41) is 3.03. The van der Waals surface area contributed by atoms with Gasteiger partial charge < -0.3 is 19.5 Å². The predicted molar refractivity (Wildman–Crippen MR) is 130 cm³/mol. The highest BCUT2D eigenvalue weighted by atomic mass is 16.7.